The number of nitrogens with zero attached hydrogens (tertiary/aromatic N) is 2. The Labute approximate surface area is 178 Å². The smallest absolute Gasteiger partial charge is 0.414 e. The molecule has 0 aromatic heterocycles. The summed E-state index contributed by atoms with van der Waals surface area (Å²) in [5.74, 6) is -1.54. The minimum Gasteiger partial charge on any atom is -0.493 e. The number of methoxy groups -OCH3 is 3. The summed E-state index contributed by atoms with van der Waals surface area (Å²) in [6, 6.07) is 4.83. The van der Waals surface area contributed by atoms with Gasteiger partial charge in [0.2, 0.25) is 5.75 Å². The Kier molecular flexibility index (Phi) is 11.0. The third-order valence-electron chi connectivity index (χ3n) is 5.18. The zero-order chi connectivity index (χ0) is 22.7. The van der Waals surface area contributed by atoms with Gasteiger partial charge in [-0.3, -0.25) is 9.80 Å². The summed E-state index contributed by atoms with van der Waals surface area (Å²) in [5, 5.41) is 14.8. The Morgan fingerprint density at radius 2 is 1.37 bits per heavy atom. The first-order valence-electron chi connectivity index (χ1n) is 10.0. The van der Waals surface area contributed by atoms with Crippen molar-refractivity contribution in [3.8, 4) is 17.2 Å². The lowest BCUT2D eigenvalue weighted by Crippen LogP contribution is -2.49. The van der Waals surface area contributed by atoms with E-state index in [9.17, 15) is 0 Å². The number of aliphatic carboxylic acids is 2. The average Bonchev–Trinajstić information content (AvgIpc) is 2.75. The number of carbonyl (C=O) groups is 2. The quantitative estimate of drug-likeness (QED) is 0.605. The summed E-state index contributed by atoms with van der Waals surface area (Å²) in [4.78, 5) is 23.3. The van der Waals surface area contributed by atoms with Crippen LogP contribution in [0.15, 0.2) is 12.1 Å². The molecule has 0 atom stereocenters. The average molecular weight is 427 g/mol. The summed E-state index contributed by atoms with van der Waals surface area (Å²) >= 11 is 0. The normalized spacial score (nSPS) is 14.6. The number of carboxylic acid groups (broad SMARTS) is 2. The van der Waals surface area contributed by atoms with Gasteiger partial charge in [0.15, 0.2) is 11.5 Å². The van der Waals surface area contributed by atoms with Crippen LogP contribution in [0.1, 0.15) is 32.3 Å². The van der Waals surface area contributed by atoms with Crippen molar-refractivity contribution in [3.63, 3.8) is 0 Å². The maximum absolute atomic E-state index is 9.10. The molecule has 1 aliphatic rings. The van der Waals surface area contributed by atoms with E-state index in [0.29, 0.717) is 5.75 Å². The van der Waals surface area contributed by atoms with Gasteiger partial charge in [-0.1, -0.05) is 13.8 Å². The van der Waals surface area contributed by atoms with Gasteiger partial charge in [0.25, 0.3) is 0 Å². The molecule has 0 spiro atoms. The molecule has 2 N–H and O–H groups in total. The van der Waals surface area contributed by atoms with E-state index in [0.717, 1.165) is 50.3 Å². The summed E-state index contributed by atoms with van der Waals surface area (Å²) in [6.07, 6.45) is 2.48. The first-order valence-corrected chi connectivity index (χ1v) is 10.0. The van der Waals surface area contributed by atoms with E-state index in [1.807, 2.05) is 0 Å². The number of hydrogen-bond donors (Lipinski definition) is 2. The number of hydrogen-bond acceptors (Lipinski definition) is 7. The predicted molar refractivity (Wildman–Crippen MR) is 113 cm³/mol. The molecule has 1 saturated heterocycles. The van der Waals surface area contributed by atoms with Crippen LogP contribution in [0.25, 0.3) is 0 Å². The van der Waals surface area contributed by atoms with Crippen LogP contribution >= 0.6 is 0 Å². The van der Waals surface area contributed by atoms with Crippen molar-refractivity contribution in [3.05, 3.63) is 17.7 Å². The van der Waals surface area contributed by atoms with Gasteiger partial charge in [0, 0.05) is 38.8 Å². The van der Waals surface area contributed by atoms with Crippen LogP contribution in [-0.2, 0) is 16.1 Å². The van der Waals surface area contributed by atoms with E-state index in [2.05, 4.69) is 35.8 Å². The monoisotopic (exact) mass is 426 g/mol. The summed E-state index contributed by atoms with van der Waals surface area (Å²) in [6.45, 7) is 9.99. The molecule has 1 aromatic rings. The van der Waals surface area contributed by atoms with E-state index < -0.39 is 11.9 Å². The zero-order valence-electron chi connectivity index (χ0n) is 18.5. The first-order chi connectivity index (χ1) is 14.3. The van der Waals surface area contributed by atoms with Gasteiger partial charge in [-0.2, -0.15) is 0 Å². The van der Waals surface area contributed by atoms with Gasteiger partial charge >= 0.3 is 11.9 Å². The molecule has 1 aliphatic heterocycles. The summed E-state index contributed by atoms with van der Waals surface area (Å²) in [5.41, 5.74) is 1.19. The van der Waals surface area contributed by atoms with Gasteiger partial charge in [0.1, 0.15) is 0 Å². The van der Waals surface area contributed by atoms with E-state index in [1.165, 1.54) is 18.4 Å². The number of piperazine rings is 1. The predicted octanol–water partition coefficient (Wildman–Crippen LogP) is 2.17. The van der Waals surface area contributed by atoms with Crippen molar-refractivity contribution in [1.29, 1.82) is 0 Å². The maximum atomic E-state index is 9.10. The molecule has 9 nitrogen and oxygen atoms in total. The second-order valence-electron chi connectivity index (χ2n) is 6.93. The van der Waals surface area contributed by atoms with Crippen molar-refractivity contribution >= 4 is 11.9 Å². The van der Waals surface area contributed by atoms with Gasteiger partial charge in [0.05, 0.1) is 21.3 Å². The number of ether oxygens (including phenoxy) is 3. The third-order valence-corrected chi connectivity index (χ3v) is 5.18. The third kappa shape index (κ3) is 7.38. The number of carboxylic acids is 2. The molecule has 30 heavy (non-hydrogen) atoms. The molecule has 0 saturated carbocycles. The second kappa shape index (κ2) is 12.9. The van der Waals surface area contributed by atoms with Crippen LogP contribution in [0.4, 0.5) is 0 Å². The molecule has 0 bridgehead atoms. The highest BCUT2D eigenvalue weighted by molar-refractivity contribution is 6.27. The highest BCUT2D eigenvalue weighted by Crippen LogP contribution is 2.38. The lowest BCUT2D eigenvalue weighted by Gasteiger charge is -2.39. The number of rotatable bonds is 8. The fourth-order valence-corrected chi connectivity index (χ4v) is 3.58. The van der Waals surface area contributed by atoms with E-state index in [-0.39, 0.29) is 0 Å². The molecular weight excluding hydrogens is 392 g/mol. The fraction of sp³-hybridized carbons (Fsp3) is 0.619. The number of benzene rings is 1. The Morgan fingerprint density at radius 3 is 1.70 bits per heavy atom. The van der Waals surface area contributed by atoms with E-state index in [4.69, 9.17) is 34.0 Å². The molecule has 0 aliphatic carbocycles. The van der Waals surface area contributed by atoms with Crippen molar-refractivity contribution in [2.24, 2.45) is 0 Å². The lowest BCUT2D eigenvalue weighted by atomic mass is 10.1. The molecular formula is C21H34N2O7. The first kappa shape index (κ1) is 25.5. The van der Waals surface area contributed by atoms with Gasteiger partial charge < -0.3 is 24.4 Å². The highest BCUT2D eigenvalue weighted by Gasteiger charge is 2.22. The van der Waals surface area contributed by atoms with Crippen LogP contribution in [0.3, 0.4) is 0 Å². The Hall–Kier alpha value is -2.52. The molecule has 0 unspecified atom stereocenters. The topological polar surface area (TPSA) is 109 Å². The van der Waals surface area contributed by atoms with Crippen molar-refractivity contribution in [2.45, 2.75) is 39.3 Å². The molecule has 170 valence electrons. The molecule has 0 amide bonds. The Morgan fingerprint density at radius 1 is 0.900 bits per heavy atom. The summed E-state index contributed by atoms with van der Waals surface area (Å²) < 4.78 is 16.3. The minimum atomic E-state index is -1.82. The Bertz CT molecular complexity index is 647. The zero-order valence-corrected chi connectivity index (χ0v) is 18.5. The van der Waals surface area contributed by atoms with Crippen LogP contribution in [0.2, 0.25) is 0 Å². The molecule has 0 radical (unpaired) electrons. The largest absolute Gasteiger partial charge is 0.493 e. The van der Waals surface area contributed by atoms with Crippen molar-refractivity contribution < 1.29 is 34.0 Å². The molecule has 9 heteroatoms. The maximum Gasteiger partial charge on any atom is 0.414 e. The fourth-order valence-electron chi connectivity index (χ4n) is 3.58. The van der Waals surface area contributed by atoms with Crippen LogP contribution in [0.5, 0.6) is 17.2 Å². The highest BCUT2D eigenvalue weighted by atomic mass is 16.5. The molecule has 1 heterocycles. The van der Waals surface area contributed by atoms with E-state index >= 15 is 0 Å². The minimum absolute atomic E-state index is 0.655. The SMILES string of the molecule is CCC(CC)N1CCN(Cc2cc(OC)c(OC)c(OC)c2)CC1.O=C(O)C(=O)O. The standard InChI is InChI=1S/C19H32N2O3.C2H2O4/c1-6-16(7-2)21-10-8-20(9-11-21)14-15-12-17(22-3)19(24-5)18(13-15)23-4;3-1(4)2(5)6/h12-13,16H,6-11,14H2,1-5H3;(H,3,4)(H,5,6). The lowest BCUT2D eigenvalue weighted by molar-refractivity contribution is -0.159. The van der Waals surface area contributed by atoms with Crippen molar-refractivity contribution in [1.82, 2.24) is 9.80 Å². The van der Waals surface area contributed by atoms with Gasteiger partial charge in [-0.25, -0.2) is 9.59 Å². The molecule has 1 fully saturated rings. The van der Waals surface area contributed by atoms with Gasteiger partial charge in [-0.05, 0) is 30.5 Å². The second-order valence-corrected chi connectivity index (χ2v) is 6.93. The molecule has 1 aromatic carbocycles. The van der Waals surface area contributed by atoms with Crippen LogP contribution in [0, 0.1) is 0 Å². The van der Waals surface area contributed by atoms with E-state index in [1.54, 1.807) is 21.3 Å². The molecule has 2 rings (SSSR count). The summed E-state index contributed by atoms with van der Waals surface area (Å²) in [7, 11) is 4.96. The Balaban J connectivity index is 0.000000656. The van der Waals surface area contributed by atoms with Crippen LogP contribution in [-0.4, -0.2) is 85.5 Å². The van der Waals surface area contributed by atoms with Gasteiger partial charge in [-0.15, -0.1) is 0 Å². The van der Waals surface area contributed by atoms with Crippen LogP contribution < -0.4 is 14.2 Å². The van der Waals surface area contributed by atoms with Crippen molar-refractivity contribution in [2.75, 3.05) is 47.5 Å².